The second-order valence-corrected chi connectivity index (χ2v) is 12.3. The monoisotopic (exact) mass is 654 g/mol. The molecule has 1 aliphatic heterocycles. The van der Waals surface area contributed by atoms with E-state index in [9.17, 15) is 23.1 Å². The molecule has 6 rings (SSSR count). The van der Waals surface area contributed by atoms with Crippen molar-refractivity contribution < 1.29 is 32.5 Å². The molecule has 0 unspecified atom stereocenters. The van der Waals surface area contributed by atoms with Crippen molar-refractivity contribution in [3.05, 3.63) is 36.3 Å². The number of methoxy groups -OCH3 is 1. The highest BCUT2D eigenvalue weighted by Crippen LogP contribution is 2.43. The molecule has 12 nitrogen and oxygen atoms in total. The number of nitrogens with zero attached hydrogens (tertiary/aromatic N) is 7. The van der Waals surface area contributed by atoms with Crippen LogP contribution in [0, 0.1) is 11.3 Å². The summed E-state index contributed by atoms with van der Waals surface area (Å²) in [5, 5.41) is 9.30. The molecular formula is C32H37F3N8O4. The number of anilines is 2. The summed E-state index contributed by atoms with van der Waals surface area (Å²) in [6, 6.07) is 4.17. The highest BCUT2D eigenvalue weighted by atomic mass is 19.4. The van der Waals surface area contributed by atoms with Crippen LogP contribution in [-0.2, 0) is 15.7 Å². The molecule has 0 bridgehead atoms. The van der Waals surface area contributed by atoms with Gasteiger partial charge in [0.25, 0.3) is 0 Å². The summed E-state index contributed by atoms with van der Waals surface area (Å²) in [6.07, 6.45) is 2.73. The summed E-state index contributed by atoms with van der Waals surface area (Å²) >= 11 is 0. The number of aromatic amines is 1. The highest BCUT2D eigenvalue weighted by molar-refractivity contribution is 5.91. The van der Waals surface area contributed by atoms with Crippen LogP contribution in [0.15, 0.2) is 30.6 Å². The van der Waals surface area contributed by atoms with Crippen LogP contribution < -0.4 is 14.5 Å². The van der Waals surface area contributed by atoms with Gasteiger partial charge in [-0.05, 0) is 44.7 Å². The number of nitrogens with one attached hydrogen (secondary N) is 1. The quantitative estimate of drug-likeness (QED) is 0.213. The zero-order valence-corrected chi connectivity index (χ0v) is 26.5. The third-order valence-electron chi connectivity index (χ3n) is 9.02. The van der Waals surface area contributed by atoms with Gasteiger partial charge >= 0.3 is 12.1 Å². The van der Waals surface area contributed by atoms with Gasteiger partial charge < -0.3 is 29.4 Å². The van der Waals surface area contributed by atoms with Gasteiger partial charge in [0.2, 0.25) is 5.88 Å². The van der Waals surface area contributed by atoms with Gasteiger partial charge in [0, 0.05) is 50.8 Å². The number of carboxylic acids is 1. The number of ether oxygens (including phenoxy) is 2. The Morgan fingerprint density at radius 1 is 1.11 bits per heavy atom. The predicted octanol–water partition coefficient (Wildman–Crippen LogP) is 5.45. The van der Waals surface area contributed by atoms with Crippen LogP contribution in [0.25, 0.3) is 33.9 Å². The molecule has 250 valence electrons. The van der Waals surface area contributed by atoms with Gasteiger partial charge in [-0.15, -0.1) is 0 Å². The number of H-pyrrole nitrogens is 1. The zero-order valence-electron chi connectivity index (χ0n) is 26.5. The second kappa shape index (κ2) is 12.9. The van der Waals surface area contributed by atoms with Crippen LogP contribution >= 0.6 is 0 Å². The fraction of sp³-hybridized carbons (Fsp3) is 0.500. The lowest BCUT2D eigenvalue weighted by atomic mass is 9.69. The lowest BCUT2D eigenvalue weighted by Gasteiger charge is -2.44. The molecule has 47 heavy (non-hydrogen) atoms. The van der Waals surface area contributed by atoms with Gasteiger partial charge in [-0.1, -0.05) is 6.42 Å². The van der Waals surface area contributed by atoms with Crippen LogP contribution in [0.2, 0.25) is 0 Å². The molecule has 0 radical (unpaired) electrons. The van der Waals surface area contributed by atoms with Crippen molar-refractivity contribution >= 4 is 28.6 Å². The van der Waals surface area contributed by atoms with E-state index in [1.54, 1.807) is 32.5 Å². The number of hydrogen-bond acceptors (Lipinski definition) is 10. The lowest BCUT2D eigenvalue weighted by Crippen LogP contribution is -2.44. The summed E-state index contributed by atoms with van der Waals surface area (Å²) < 4.78 is 52.5. The van der Waals surface area contributed by atoms with Gasteiger partial charge in [0.1, 0.15) is 22.7 Å². The molecule has 2 aliphatic rings. The molecule has 0 amide bonds. The average Bonchev–Trinajstić information content (AvgIpc) is 3.47. The second-order valence-electron chi connectivity index (χ2n) is 12.3. The van der Waals surface area contributed by atoms with Gasteiger partial charge in [0.15, 0.2) is 11.5 Å². The first-order valence-corrected chi connectivity index (χ1v) is 15.6. The van der Waals surface area contributed by atoms with Gasteiger partial charge in [0.05, 0.1) is 42.9 Å². The summed E-state index contributed by atoms with van der Waals surface area (Å²) in [5.74, 6) is -0.238. The Hall–Kier alpha value is -4.53. The number of fused-ring (bicyclic) bond motifs is 1. The van der Waals surface area contributed by atoms with Crippen LogP contribution in [0.1, 0.15) is 44.7 Å². The van der Waals surface area contributed by atoms with Crippen molar-refractivity contribution in [3.8, 4) is 28.7 Å². The maximum Gasteiger partial charge on any atom is 0.433 e. The molecule has 0 atom stereocenters. The summed E-state index contributed by atoms with van der Waals surface area (Å²) in [7, 11) is 3.63. The Bertz CT molecular complexity index is 1730. The van der Waals surface area contributed by atoms with Gasteiger partial charge in [-0.3, -0.25) is 4.79 Å². The maximum absolute atomic E-state index is 13.8. The third-order valence-corrected chi connectivity index (χ3v) is 9.02. The van der Waals surface area contributed by atoms with Crippen molar-refractivity contribution in [2.24, 2.45) is 11.3 Å². The number of carbonyl (C=O) groups is 1. The molecule has 1 saturated carbocycles. The fourth-order valence-corrected chi connectivity index (χ4v) is 6.44. The lowest BCUT2D eigenvalue weighted by molar-refractivity contribution is -0.142. The molecule has 4 aromatic heterocycles. The van der Waals surface area contributed by atoms with Crippen LogP contribution in [0.3, 0.4) is 0 Å². The van der Waals surface area contributed by atoms with Gasteiger partial charge in [-0.25, -0.2) is 24.9 Å². The standard InChI is InChI=1S/C32H37F3N8O4/c1-4-47-26-13-20(12-24(39-26)32(33,34)35)21-14-23(42(2)17-31(18-46-3)8-5-9-31)27-29(38-21)41-28(40-27)22-15-37-25(16-36-22)43-10-6-19(7-11-43)30(44)45/h12-16,19H,4-11,17-18H2,1-3H3,(H,44,45)(H,38,40,41). The van der Waals surface area contributed by atoms with E-state index >= 15 is 0 Å². The Balaban J connectivity index is 1.38. The number of rotatable bonds is 11. The number of aliphatic carboxylic acids is 1. The molecular weight excluding hydrogens is 617 g/mol. The molecule has 4 aromatic rings. The topological polar surface area (TPSA) is 142 Å². The molecule has 0 aromatic carbocycles. The van der Waals surface area contributed by atoms with E-state index in [0.29, 0.717) is 73.3 Å². The van der Waals surface area contributed by atoms with E-state index < -0.39 is 17.8 Å². The predicted molar refractivity (Wildman–Crippen MR) is 168 cm³/mol. The molecule has 1 aliphatic carbocycles. The van der Waals surface area contributed by atoms with E-state index in [2.05, 4.69) is 29.8 Å². The molecule has 5 heterocycles. The van der Waals surface area contributed by atoms with Crippen molar-refractivity contribution in [2.45, 2.75) is 45.2 Å². The number of halogens is 3. The average molecular weight is 655 g/mol. The summed E-state index contributed by atoms with van der Waals surface area (Å²) in [5.41, 5.74) is 1.45. The zero-order chi connectivity index (χ0) is 33.3. The number of imidazole rings is 1. The number of aromatic nitrogens is 6. The van der Waals surface area contributed by atoms with Crippen molar-refractivity contribution in [1.82, 2.24) is 29.9 Å². The first kappa shape index (κ1) is 32.4. The Morgan fingerprint density at radius 3 is 2.47 bits per heavy atom. The molecule has 0 spiro atoms. The number of alkyl halides is 3. The number of carboxylic acid groups (broad SMARTS) is 1. The van der Waals surface area contributed by atoms with Crippen molar-refractivity contribution in [3.63, 3.8) is 0 Å². The minimum Gasteiger partial charge on any atom is -0.481 e. The maximum atomic E-state index is 13.8. The number of pyridine rings is 2. The smallest absolute Gasteiger partial charge is 0.433 e. The number of hydrogen-bond donors (Lipinski definition) is 2. The van der Waals surface area contributed by atoms with E-state index in [1.165, 1.54) is 6.07 Å². The Labute approximate surface area is 269 Å². The molecule has 2 N–H and O–H groups in total. The first-order chi connectivity index (χ1) is 22.5. The Morgan fingerprint density at radius 2 is 1.87 bits per heavy atom. The van der Waals surface area contributed by atoms with E-state index in [0.717, 1.165) is 25.3 Å². The number of piperidine rings is 1. The van der Waals surface area contributed by atoms with E-state index in [-0.39, 0.29) is 35.1 Å². The van der Waals surface area contributed by atoms with Crippen molar-refractivity contribution in [2.75, 3.05) is 56.8 Å². The summed E-state index contributed by atoms with van der Waals surface area (Å²) in [6.45, 7) is 4.22. The van der Waals surface area contributed by atoms with Crippen LogP contribution in [-0.4, -0.2) is 88.0 Å². The van der Waals surface area contributed by atoms with Crippen LogP contribution in [0.5, 0.6) is 5.88 Å². The fourth-order valence-electron chi connectivity index (χ4n) is 6.44. The Kier molecular flexibility index (Phi) is 8.92. The minimum absolute atomic E-state index is 0.0371. The minimum atomic E-state index is -4.68. The van der Waals surface area contributed by atoms with E-state index in [1.807, 2.05) is 11.9 Å². The largest absolute Gasteiger partial charge is 0.481 e. The summed E-state index contributed by atoms with van der Waals surface area (Å²) in [4.78, 5) is 41.0. The van der Waals surface area contributed by atoms with Gasteiger partial charge in [-0.2, -0.15) is 13.2 Å². The highest BCUT2D eigenvalue weighted by Gasteiger charge is 2.39. The SMILES string of the molecule is CCOc1cc(-c2cc(N(C)CC3(COC)CCC3)c3[nH]c(-c4cnc(N5CCC(C(=O)O)CC5)cn4)nc3n2)cc(C(F)(F)F)n1. The van der Waals surface area contributed by atoms with Crippen molar-refractivity contribution in [1.29, 1.82) is 0 Å². The molecule has 15 heteroatoms. The van der Waals surface area contributed by atoms with Crippen LogP contribution in [0.4, 0.5) is 24.7 Å². The third kappa shape index (κ3) is 6.80. The molecule has 1 saturated heterocycles. The normalized spacial score (nSPS) is 16.7. The van der Waals surface area contributed by atoms with E-state index in [4.69, 9.17) is 14.5 Å². The first-order valence-electron chi connectivity index (χ1n) is 15.6. The molecule has 2 fully saturated rings.